The molecule has 2 aliphatic heterocycles. The largest absolute Gasteiger partial charge is 0.491 e. The van der Waals surface area contributed by atoms with Crippen molar-refractivity contribution in [1.82, 2.24) is 20.2 Å². The SMILES string of the molecule is COc1cnc(N2CC3(COC3)C2)nc1Nc1n[nH]c2ccccc12. The summed E-state index contributed by atoms with van der Waals surface area (Å²) in [6.07, 6.45) is 1.70. The van der Waals surface area contributed by atoms with Crippen LogP contribution in [0, 0.1) is 5.41 Å². The lowest BCUT2D eigenvalue weighted by Gasteiger charge is -2.54. The van der Waals surface area contributed by atoms with E-state index in [9.17, 15) is 0 Å². The van der Waals surface area contributed by atoms with Gasteiger partial charge in [0.2, 0.25) is 5.95 Å². The van der Waals surface area contributed by atoms with Crippen molar-refractivity contribution in [2.24, 2.45) is 5.41 Å². The second-order valence-electron chi connectivity index (χ2n) is 6.68. The van der Waals surface area contributed by atoms with E-state index in [1.54, 1.807) is 13.3 Å². The number of nitrogens with zero attached hydrogens (tertiary/aromatic N) is 4. The van der Waals surface area contributed by atoms with E-state index in [0.29, 0.717) is 28.7 Å². The first kappa shape index (κ1) is 14.5. The highest BCUT2D eigenvalue weighted by Gasteiger charge is 2.50. The average molecular weight is 338 g/mol. The second-order valence-corrected chi connectivity index (χ2v) is 6.68. The Bertz CT molecular complexity index is 928. The zero-order valence-electron chi connectivity index (χ0n) is 13.8. The second kappa shape index (κ2) is 5.32. The standard InChI is InChI=1S/C17H18N6O2/c1-24-13-6-18-16(23-7-17(8-23)9-25-10-17)20-15(13)19-14-11-4-2-3-5-12(11)21-22-14/h2-6H,7-10H2,1H3,(H2,18,19,20,21,22). The van der Waals surface area contributed by atoms with Gasteiger partial charge in [-0.2, -0.15) is 10.1 Å². The highest BCUT2D eigenvalue weighted by Crippen LogP contribution is 2.40. The smallest absolute Gasteiger partial charge is 0.227 e. The number of hydrogen-bond donors (Lipinski definition) is 2. The molecule has 0 aliphatic carbocycles. The van der Waals surface area contributed by atoms with Crippen LogP contribution in [0.25, 0.3) is 10.9 Å². The molecule has 0 unspecified atom stereocenters. The van der Waals surface area contributed by atoms with E-state index in [4.69, 9.17) is 9.47 Å². The molecular formula is C17H18N6O2. The number of hydrogen-bond acceptors (Lipinski definition) is 7. The molecule has 0 radical (unpaired) electrons. The van der Waals surface area contributed by atoms with Crippen LogP contribution in [-0.2, 0) is 4.74 Å². The average Bonchev–Trinajstić information content (AvgIpc) is 2.96. The molecule has 0 saturated carbocycles. The predicted molar refractivity (Wildman–Crippen MR) is 93.4 cm³/mol. The molecule has 1 aromatic carbocycles. The van der Waals surface area contributed by atoms with E-state index in [-0.39, 0.29) is 0 Å². The van der Waals surface area contributed by atoms with Crippen molar-refractivity contribution in [1.29, 1.82) is 0 Å². The summed E-state index contributed by atoms with van der Waals surface area (Å²) in [6, 6.07) is 7.94. The van der Waals surface area contributed by atoms with Crippen molar-refractivity contribution >= 4 is 28.5 Å². The van der Waals surface area contributed by atoms with Gasteiger partial charge in [-0.15, -0.1) is 0 Å². The van der Waals surface area contributed by atoms with E-state index >= 15 is 0 Å². The number of fused-ring (bicyclic) bond motifs is 1. The van der Waals surface area contributed by atoms with Gasteiger partial charge < -0.3 is 19.7 Å². The lowest BCUT2D eigenvalue weighted by molar-refractivity contribution is -0.127. The van der Waals surface area contributed by atoms with Crippen molar-refractivity contribution < 1.29 is 9.47 Å². The van der Waals surface area contributed by atoms with Crippen LogP contribution in [0.3, 0.4) is 0 Å². The molecule has 25 heavy (non-hydrogen) atoms. The highest BCUT2D eigenvalue weighted by molar-refractivity contribution is 5.91. The van der Waals surface area contributed by atoms with Crippen LogP contribution in [0.5, 0.6) is 5.75 Å². The minimum Gasteiger partial charge on any atom is -0.491 e. The third kappa shape index (κ3) is 2.29. The quantitative estimate of drug-likeness (QED) is 0.751. The topological polar surface area (TPSA) is 88.2 Å². The van der Waals surface area contributed by atoms with Crippen molar-refractivity contribution in [3.8, 4) is 5.75 Å². The number of benzene rings is 1. The summed E-state index contributed by atoms with van der Waals surface area (Å²) < 4.78 is 10.7. The number of ether oxygens (including phenoxy) is 2. The molecule has 0 bridgehead atoms. The molecule has 5 rings (SSSR count). The third-order valence-electron chi connectivity index (χ3n) is 4.82. The van der Waals surface area contributed by atoms with Gasteiger partial charge in [-0.05, 0) is 12.1 Å². The van der Waals surface area contributed by atoms with E-state index in [2.05, 4.69) is 30.4 Å². The minimum atomic E-state index is 0.315. The summed E-state index contributed by atoms with van der Waals surface area (Å²) >= 11 is 0. The molecule has 0 atom stereocenters. The van der Waals surface area contributed by atoms with Crippen LogP contribution in [0.1, 0.15) is 0 Å². The molecule has 0 amide bonds. The Balaban J connectivity index is 1.44. The lowest BCUT2D eigenvalue weighted by atomic mass is 9.78. The molecule has 128 valence electrons. The Hall–Kier alpha value is -2.87. The molecule has 2 saturated heterocycles. The third-order valence-corrected chi connectivity index (χ3v) is 4.82. The Morgan fingerprint density at radius 3 is 2.84 bits per heavy atom. The number of anilines is 3. The summed E-state index contributed by atoms with van der Waals surface area (Å²) in [5.41, 5.74) is 1.28. The van der Waals surface area contributed by atoms with Gasteiger partial charge in [0.05, 0.1) is 37.5 Å². The molecule has 2 N–H and O–H groups in total. The molecule has 2 aromatic heterocycles. The van der Waals surface area contributed by atoms with Crippen LogP contribution in [0.4, 0.5) is 17.6 Å². The number of rotatable bonds is 4. The van der Waals surface area contributed by atoms with Crippen LogP contribution in [-0.4, -0.2) is 53.6 Å². The van der Waals surface area contributed by atoms with Gasteiger partial charge in [0.25, 0.3) is 0 Å². The molecule has 2 aliphatic rings. The van der Waals surface area contributed by atoms with Gasteiger partial charge in [0, 0.05) is 18.5 Å². The van der Waals surface area contributed by atoms with Gasteiger partial charge in [-0.25, -0.2) is 4.98 Å². The number of aromatic amines is 1. The molecule has 2 fully saturated rings. The van der Waals surface area contributed by atoms with Crippen LogP contribution >= 0.6 is 0 Å². The first-order valence-corrected chi connectivity index (χ1v) is 8.20. The fourth-order valence-electron chi connectivity index (χ4n) is 3.40. The summed E-state index contributed by atoms with van der Waals surface area (Å²) in [6.45, 7) is 3.54. The predicted octanol–water partition coefficient (Wildman–Crippen LogP) is 1.94. The Labute approximate surface area is 144 Å². The van der Waals surface area contributed by atoms with Crippen LogP contribution < -0.4 is 15.0 Å². The number of aromatic nitrogens is 4. The molecule has 8 nitrogen and oxygen atoms in total. The molecule has 3 aromatic rings. The molecule has 8 heteroatoms. The molecule has 4 heterocycles. The molecular weight excluding hydrogens is 320 g/mol. The number of nitrogens with one attached hydrogen (secondary N) is 2. The summed E-state index contributed by atoms with van der Waals surface area (Å²) in [5.74, 6) is 2.60. The minimum absolute atomic E-state index is 0.315. The number of methoxy groups -OCH3 is 1. The summed E-state index contributed by atoms with van der Waals surface area (Å²) in [5, 5.41) is 11.6. The first-order valence-electron chi connectivity index (χ1n) is 8.20. The van der Waals surface area contributed by atoms with E-state index in [0.717, 1.165) is 37.2 Å². The number of H-pyrrole nitrogens is 1. The van der Waals surface area contributed by atoms with Gasteiger partial charge >= 0.3 is 0 Å². The van der Waals surface area contributed by atoms with Crippen molar-refractivity contribution in [2.45, 2.75) is 0 Å². The lowest BCUT2D eigenvalue weighted by Crippen LogP contribution is -2.66. The Morgan fingerprint density at radius 2 is 2.08 bits per heavy atom. The van der Waals surface area contributed by atoms with E-state index in [1.807, 2.05) is 24.3 Å². The van der Waals surface area contributed by atoms with E-state index in [1.165, 1.54) is 0 Å². The first-order chi connectivity index (χ1) is 12.3. The summed E-state index contributed by atoms with van der Waals surface area (Å²) in [7, 11) is 1.61. The maximum Gasteiger partial charge on any atom is 0.227 e. The molecule has 1 spiro atoms. The Kier molecular flexibility index (Phi) is 3.08. The van der Waals surface area contributed by atoms with Crippen molar-refractivity contribution in [3.63, 3.8) is 0 Å². The summed E-state index contributed by atoms with van der Waals surface area (Å²) in [4.78, 5) is 11.2. The maximum atomic E-state index is 5.40. The maximum absolute atomic E-state index is 5.40. The van der Waals surface area contributed by atoms with Crippen LogP contribution in [0.2, 0.25) is 0 Å². The van der Waals surface area contributed by atoms with Gasteiger partial charge in [-0.1, -0.05) is 12.1 Å². The Morgan fingerprint density at radius 1 is 1.24 bits per heavy atom. The van der Waals surface area contributed by atoms with Gasteiger partial charge in [0.1, 0.15) is 0 Å². The normalized spacial score (nSPS) is 18.0. The van der Waals surface area contributed by atoms with E-state index < -0.39 is 0 Å². The van der Waals surface area contributed by atoms with Crippen molar-refractivity contribution in [3.05, 3.63) is 30.5 Å². The van der Waals surface area contributed by atoms with Gasteiger partial charge in [0.15, 0.2) is 17.4 Å². The number of para-hydroxylation sites is 1. The van der Waals surface area contributed by atoms with Gasteiger partial charge in [-0.3, -0.25) is 5.10 Å². The monoisotopic (exact) mass is 338 g/mol. The van der Waals surface area contributed by atoms with Crippen molar-refractivity contribution in [2.75, 3.05) is 43.6 Å². The zero-order valence-corrected chi connectivity index (χ0v) is 13.8. The van der Waals surface area contributed by atoms with Crippen LogP contribution in [0.15, 0.2) is 30.5 Å². The zero-order chi connectivity index (χ0) is 16.9. The highest BCUT2D eigenvalue weighted by atomic mass is 16.5. The fourth-order valence-corrected chi connectivity index (χ4v) is 3.40. The fraction of sp³-hybridized carbons (Fsp3) is 0.353.